The first-order valence-electron chi connectivity index (χ1n) is 7.06. The molecule has 0 saturated heterocycles. The second-order valence-electron chi connectivity index (χ2n) is 5.97. The van der Waals surface area contributed by atoms with Gasteiger partial charge in [-0.05, 0) is 55.7 Å². The number of sulfone groups is 1. The van der Waals surface area contributed by atoms with Crippen molar-refractivity contribution >= 4 is 15.7 Å². The molecular formula is C15H19NO3S. The standard InChI is InChI=1S/C15H19NO3S/c1-20(18,19)13-4-2-3-12(9-13)15(17)16-14(10-5-6-10)11-7-8-11/h2-4,9-11,14H,5-8H2,1H3,(H,16,17). The number of carbonyl (C=O) groups excluding carboxylic acids is 1. The summed E-state index contributed by atoms with van der Waals surface area (Å²) in [6.07, 6.45) is 5.95. The van der Waals surface area contributed by atoms with Gasteiger partial charge in [0.25, 0.3) is 5.91 Å². The molecule has 3 rings (SSSR count). The number of rotatable bonds is 5. The first-order chi connectivity index (χ1) is 9.45. The van der Waals surface area contributed by atoms with Crippen LogP contribution in [0, 0.1) is 11.8 Å². The van der Waals surface area contributed by atoms with Gasteiger partial charge in [-0.1, -0.05) is 6.07 Å². The third kappa shape index (κ3) is 3.03. The largest absolute Gasteiger partial charge is 0.349 e. The number of amides is 1. The molecule has 0 aliphatic heterocycles. The Morgan fingerprint density at radius 3 is 2.30 bits per heavy atom. The van der Waals surface area contributed by atoms with Gasteiger partial charge in [0.2, 0.25) is 0 Å². The van der Waals surface area contributed by atoms with E-state index in [2.05, 4.69) is 5.32 Å². The quantitative estimate of drug-likeness (QED) is 0.903. The van der Waals surface area contributed by atoms with Crippen LogP contribution in [0.4, 0.5) is 0 Å². The summed E-state index contributed by atoms with van der Waals surface area (Å²) in [6, 6.07) is 6.55. The van der Waals surface area contributed by atoms with Gasteiger partial charge in [-0.25, -0.2) is 8.42 Å². The summed E-state index contributed by atoms with van der Waals surface area (Å²) >= 11 is 0. The maximum absolute atomic E-state index is 12.3. The SMILES string of the molecule is CS(=O)(=O)c1cccc(C(=O)NC(C2CC2)C2CC2)c1. The fraction of sp³-hybridized carbons (Fsp3) is 0.533. The lowest BCUT2D eigenvalue weighted by Gasteiger charge is -2.17. The molecule has 20 heavy (non-hydrogen) atoms. The summed E-state index contributed by atoms with van der Waals surface area (Å²) in [5.41, 5.74) is 0.430. The molecule has 0 radical (unpaired) electrons. The van der Waals surface area contributed by atoms with E-state index < -0.39 is 9.84 Å². The molecule has 1 N–H and O–H groups in total. The predicted molar refractivity (Wildman–Crippen MR) is 76.3 cm³/mol. The molecule has 0 unspecified atom stereocenters. The maximum Gasteiger partial charge on any atom is 0.251 e. The summed E-state index contributed by atoms with van der Waals surface area (Å²) in [4.78, 5) is 12.5. The van der Waals surface area contributed by atoms with Gasteiger partial charge in [0.1, 0.15) is 0 Å². The van der Waals surface area contributed by atoms with E-state index in [0.29, 0.717) is 17.4 Å². The molecule has 0 bridgehead atoms. The highest BCUT2D eigenvalue weighted by Crippen LogP contribution is 2.44. The van der Waals surface area contributed by atoms with Crippen molar-refractivity contribution in [3.05, 3.63) is 29.8 Å². The Bertz CT molecular complexity index is 618. The molecule has 2 fully saturated rings. The van der Waals surface area contributed by atoms with Crippen LogP contribution in [0.15, 0.2) is 29.2 Å². The van der Waals surface area contributed by atoms with E-state index in [1.807, 2.05) is 0 Å². The van der Waals surface area contributed by atoms with Crippen molar-refractivity contribution in [2.45, 2.75) is 36.6 Å². The van der Waals surface area contributed by atoms with Crippen LogP contribution in [0.5, 0.6) is 0 Å². The number of hydrogen-bond acceptors (Lipinski definition) is 3. The minimum absolute atomic E-state index is 0.153. The van der Waals surface area contributed by atoms with Gasteiger partial charge < -0.3 is 5.32 Å². The van der Waals surface area contributed by atoms with Crippen LogP contribution in [0.1, 0.15) is 36.0 Å². The smallest absolute Gasteiger partial charge is 0.251 e. The Kier molecular flexibility index (Phi) is 3.32. The highest BCUT2D eigenvalue weighted by atomic mass is 32.2. The molecule has 0 spiro atoms. The molecule has 2 aliphatic carbocycles. The van der Waals surface area contributed by atoms with Crippen LogP contribution in [-0.4, -0.2) is 26.6 Å². The third-order valence-electron chi connectivity index (χ3n) is 4.08. The summed E-state index contributed by atoms with van der Waals surface area (Å²) in [6.45, 7) is 0. The molecule has 4 nitrogen and oxygen atoms in total. The molecule has 2 saturated carbocycles. The van der Waals surface area contributed by atoms with Crippen LogP contribution < -0.4 is 5.32 Å². The lowest BCUT2D eigenvalue weighted by molar-refractivity contribution is 0.0926. The molecule has 108 valence electrons. The van der Waals surface area contributed by atoms with Crippen molar-refractivity contribution < 1.29 is 13.2 Å². The summed E-state index contributed by atoms with van der Waals surface area (Å²) in [5, 5.41) is 3.10. The maximum atomic E-state index is 12.3. The highest BCUT2D eigenvalue weighted by molar-refractivity contribution is 7.90. The zero-order valence-electron chi connectivity index (χ0n) is 11.5. The van der Waals surface area contributed by atoms with E-state index in [-0.39, 0.29) is 16.8 Å². The van der Waals surface area contributed by atoms with Gasteiger partial charge in [0.05, 0.1) is 4.90 Å². The van der Waals surface area contributed by atoms with Crippen LogP contribution in [-0.2, 0) is 9.84 Å². The Hall–Kier alpha value is -1.36. The Labute approximate surface area is 119 Å². The van der Waals surface area contributed by atoms with Crippen molar-refractivity contribution in [3.8, 4) is 0 Å². The van der Waals surface area contributed by atoms with Crippen molar-refractivity contribution in [1.82, 2.24) is 5.32 Å². The van der Waals surface area contributed by atoms with Crippen molar-refractivity contribution in [2.24, 2.45) is 11.8 Å². The number of nitrogens with one attached hydrogen (secondary N) is 1. The number of carbonyl (C=O) groups is 1. The summed E-state index contributed by atoms with van der Waals surface area (Å²) < 4.78 is 23.1. The van der Waals surface area contributed by atoms with Crippen LogP contribution in [0.25, 0.3) is 0 Å². The normalized spacial score (nSPS) is 19.1. The van der Waals surface area contributed by atoms with Crippen molar-refractivity contribution in [3.63, 3.8) is 0 Å². The van der Waals surface area contributed by atoms with E-state index in [4.69, 9.17) is 0 Å². The fourth-order valence-electron chi connectivity index (χ4n) is 2.63. The zero-order chi connectivity index (χ0) is 14.3. The molecule has 0 aromatic heterocycles. The number of hydrogen-bond donors (Lipinski definition) is 1. The van der Waals surface area contributed by atoms with Gasteiger partial charge >= 0.3 is 0 Å². The second-order valence-corrected chi connectivity index (χ2v) is 7.99. The molecule has 0 atom stereocenters. The van der Waals surface area contributed by atoms with E-state index in [1.165, 1.54) is 37.8 Å². The van der Waals surface area contributed by atoms with Gasteiger partial charge in [-0.15, -0.1) is 0 Å². The third-order valence-corrected chi connectivity index (χ3v) is 5.19. The molecule has 1 aromatic rings. The molecule has 1 amide bonds. The lowest BCUT2D eigenvalue weighted by atomic mass is 10.1. The van der Waals surface area contributed by atoms with E-state index in [0.717, 1.165) is 6.26 Å². The zero-order valence-corrected chi connectivity index (χ0v) is 12.3. The van der Waals surface area contributed by atoms with Gasteiger partial charge in [-0.3, -0.25) is 4.79 Å². The monoisotopic (exact) mass is 293 g/mol. The fourth-order valence-corrected chi connectivity index (χ4v) is 3.30. The topological polar surface area (TPSA) is 63.2 Å². The lowest BCUT2D eigenvalue weighted by Crippen LogP contribution is -2.38. The van der Waals surface area contributed by atoms with E-state index >= 15 is 0 Å². The minimum atomic E-state index is -3.28. The average Bonchev–Trinajstić information content (AvgIpc) is 3.28. The summed E-state index contributed by atoms with van der Waals surface area (Å²) in [5.74, 6) is 1.10. The highest BCUT2D eigenvalue weighted by Gasteiger charge is 2.42. The number of benzene rings is 1. The Morgan fingerprint density at radius 1 is 1.20 bits per heavy atom. The van der Waals surface area contributed by atoms with Crippen molar-refractivity contribution in [1.29, 1.82) is 0 Å². The van der Waals surface area contributed by atoms with Crippen LogP contribution in [0.2, 0.25) is 0 Å². The molecule has 0 heterocycles. The van der Waals surface area contributed by atoms with Gasteiger partial charge in [0, 0.05) is 17.9 Å². The van der Waals surface area contributed by atoms with Crippen molar-refractivity contribution in [2.75, 3.05) is 6.26 Å². The van der Waals surface area contributed by atoms with Gasteiger partial charge in [0.15, 0.2) is 9.84 Å². The minimum Gasteiger partial charge on any atom is -0.349 e. The Balaban J connectivity index is 1.76. The first kappa shape index (κ1) is 13.6. The van der Waals surface area contributed by atoms with Gasteiger partial charge in [-0.2, -0.15) is 0 Å². The summed E-state index contributed by atoms with van der Waals surface area (Å²) in [7, 11) is -3.28. The van der Waals surface area contributed by atoms with Crippen LogP contribution in [0.3, 0.4) is 0 Å². The van der Waals surface area contributed by atoms with E-state index in [1.54, 1.807) is 12.1 Å². The first-order valence-corrected chi connectivity index (χ1v) is 8.95. The second kappa shape index (κ2) is 4.88. The van der Waals surface area contributed by atoms with E-state index in [9.17, 15) is 13.2 Å². The average molecular weight is 293 g/mol. The molecule has 1 aromatic carbocycles. The molecule has 5 heteroatoms. The molecule has 2 aliphatic rings. The van der Waals surface area contributed by atoms with Crippen LogP contribution >= 0.6 is 0 Å². The predicted octanol–water partition coefficient (Wildman–Crippen LogP) is 2.01. The Morgan fingerprint density at radius 2 is 1.80 bits per heavy atom. The molecular weight excluding hydrogens is 274 g/mol.